The monoisotopic (exact) mass is 469 g/mol. The molecule has 35 heavy (non-hydrogen) atoms. The minimum atomic E-state index is -0.274. The van der Waals surface area contributed by atoms with Crippen molar-refractivity contribution in [3.05, 3.63) is 101 Å². The molecule has 0 aliphatic heterocycles. The van der Waals surface area contributed by atoms with Gasteiger partial charge in [-0.1, -0.05) is 42.5 Å². The van der Waals surface area contributed by atoms with E-state index in [1.165, 1.54) is 4.68 Å². The molecule has 1 aromatic heterocycles. The number of amides is 1. The van der Waals surface area contributed by atoms with Gasteiger partial charge in [-0.2, -0.15) is 5.10 Å². The number of ether oxygens (including phenoxy) is 2. The zero-order valence-electron chi connectivity index (χ0n) is 19.7. The van der Waals surface area contributed by atoms with E-state index in [1.54, 1.807) is 20.3 Å². The molecule has 1 amide bonds. The molecule has 0 fully saturated rings. The number of benzene rings is 3. The predicted octanol–water partition coefficient (Wildman–Crippen LogP) is 4.30. The molecular weight excluding hydrogens is 442 g/mol. The van der Waals surface area contributed by atoms with E-state index in [-0.39, 0.29) is 24.4 Å². The lowest BCUT2D eigenvalue weighted by molar-refractivity contribution is -0.121. The van der Waals surface area contributed by atoms with Crippen molar-refractivity contribution < 1.29 is 14.3 Å². The minimum Gasteiger partial charge on any atom is -0.497 e. The topological polar surface area (TPSA) is 82.5 Å². The summed E-state index contributed by atoms with van der Waals surface area (Å²) in [6.45, 7) is 0.612. The van der Waals surface area contributed by atoms with Gasteiger partial charge in [-0.25, -0.2) is 4.68 Å². The number of nitrogens with one attached hydrogen (secondary N) is 1. The number of rotatable bonds is 9. The van der Waals surface area contributed by atoms with Gasteiger partial charge in [-0.3, -0.25) is 9.59 Å². The van der Waals surface area contributed by atoms with Crippen LogP contribution < -0.4 is 20.3 Å². The number of nitrogens with zero attached hydrogens (tertiary/aromatic N) is 2. The molecule has 0 aliphatic rings. The van der Waals surface area contributed by atoms with Crippen LogP contribution in [0, 0.1) is 0 Å². The molecule has 178 valence electrons. The summed E-state index contributed by atoms with van der Waals surface area (Å²) < 4.78 is 11.9. The van der Waals surface area contributed by atoms with E-state index in [2.05, 4.69) is 10.4 Å². The van der Waals surface area contributed by atoms with Crippen LogP contribution in [-0.2, 0) is 17.9 Å². The van der Waals surface area contributed by atoms with Crippen LogP contribution in [0.1, 0.15) is 12.0 Å². The van der Waals surface area contributed by atoms with E-state index in [0.717, 1.165) is 28.2 Å². The summed E-state index contributed by atoms with van der Waals surface area (Å²) in [6, 6.07) is 26.2. The fourth-order valence-electron chi connectivity index (χ4n) is 3.70. The van der Waals surface area contributed by atoms with Gasteiger partial charge in [0.2, 0.25) is 5.91 Å². The number of methoxy groups -OCH3 is 2. The van der Waals surface area contributed by atoms with Gasteiger partial charge < -0.3 is 14.8 Å². The third-order valence-electron chi connectivity index (χ3n) is 5.65. The Hall–Kier alpha value is -4.39. The summed E-state index contributed by atoms with van der Waals surface area (Å²) in [6.07, 6.45) is 0.143. The van der Waals surface area contributed by atoms with E-state index in [9.17, 15) is 9.59 Å². The fraction of sp³-hybridized carbons (Fsp3) is 0.179. The van der Waals surface area contributed by atoms with Crippen LogP contribution in [0.5, 0.6) is 11.5 Å². The zero-order valence-corrected chi connectivity index (χ0v) is 19.7. The van der Waals surface area contributed by atoms with Crippen molar-refractivity contribution >= 4 is 5.91 Å². The molecule has 0 saturated heterocycles. The van der Waals surface area contributed by atoms with Crippen LogP contribution >= 0.6 is 0 Å². The third kappa shape index (κ3) is 5.95. The molecule has 0 bridgehead atoms. The van der Waals surface area contributed by atoms with Gasteiger partial charge >= 0.3 is 0 Å². The van der Waals surface area contributed by atoms with Crippen LogP contribution in [0.25, 0.3) is 22.4 Å². The normalized spacial score (nSPS) is 10.6. The summed E-state index contributed by atoms with van der Waals surface area (Å²) in [5.74, 6) is 1.30. The molecule has 1 heterocycles. The SMILES string of the molecule is COc1ccc(-c2cc(=O)n(CCC(=O)NCc3ccccc3)nc2-c2ccc(OC)cc2)cc1. The number of carbonyl (C=O) groups excluding carboxylic acids is 1. The Morgan fingerprint density at radius 3 is 2.06 bits per heavy atom. The molecular formula is C28H27N3O4. The standard InChI is InChI=1S/C28H27N3O4/c1-34-23-12-8-21(9-13-23)25-18-27(33)31(30-28(25)22-10-14-24(35-2)15-11-22)17-16-26(32)29-19-20-6-4-3-5-7-20/h3-15,18H,16-17,19H2,1-2H3,(H,29,32). The molecule has 7 nitrogen and oxygen atoms in total. The summed E-state index contributed by atoms with van der Waals surface area (Å²) in [5, 5.41) is 7.55. The lowest BCUT2D eigenvalue weighted by atomic mass is 10.00. The highest BCUT2D eigenvalue weighted by Crippen LogP contribution is 2.31. The van der Waals surface area contributed by atoms with Gasteiger partial charge in [-0.05, 0) is 47.5 Å². The number of aromatic nitrogens is 2. The van der Waals surface area contributed by atoms with Crippen LogP contribution in [0.2, 0.25) is 0 Å². The van der Waals surface area contributed by atoms with Crippen molar-refractivity contribution in [2.75, 3.05) is 14.2 Å². The van der Waals surface area contributed by atoms with Gasteiger partial charge in [0.1, 0.15) is 11.5 Å². The van der Waals surface area contributed by atoms with Gasteiger partial charge in [0.05, 0.1) is 26.5 Å². The molecule has 1 N–H and O–H groups in total. The second-order valence-electron chi connectivity index (χ2n) is 7.94. The van der Waals surface area contributed by atoms with E-state index in [1.807, 2.05) is 78.9 Å². The average Bonchev–Trinajstić information content (AvgIpc) is 2.91. The second kappa shape index (κ2) is 11.2. The Bertz CT molecular complexity index is 1330. The molecule has 4 rings (SSSR count). The first-order chi connectivity index (χ1) is 17.1. The minimum absolute atomic E-state index is 0.143. The van der Waals surface area contributed by atoms with Gasteiger partial charge in [0, 0.05) is 30.2 Å². The quantitative estimate of drug-likeness (QED) is 0.395. The van der Waals surface area contributed by atoms with Crippen LogP contribution in [0.4, 0.5) is 0 Å². The van der Waals surface area contributed by atoms with Crippen LogP contribution in [-0.4, -0.2) is 29.9 Å². The molecule has 7 heteroatoms. The third-order valence-corrected chi connectivity index (χ3v) is 5.65. The molecule has 3 aromatic carbocycles. The summed E-state index contributed by atoms with van der Waals surface area (Å²) in [5.41, 5.74) is 3.76. The Kier molecular flexibility index (Phi) is 7.57. The average molecular weight is 470 g/mol. The zero-order chi connectivity index (χ0) is 24.6. The summed E-state index contributed by atoms with van der Waals surface area (Å²) >= 11 is 0. The maximum atomic E-state index is 12.9. The van der Waals surface area contributed by atoms with Crippen molar-refractivity contribution in [2.45, 2.75) is 19.5 Å². The molecule has 0 saturated carbocycles. The smallest absolute Gasteiger partial charge is 0.267 e. The van der Waals surface area contributed by atoms with E-state index < -0.39 is 0 Å². The first-order valence-corrected chi connectivity index (χ1v) is 11.3. The first kappa shape index (κ1) is 23.8. The fourth-order valence-corrected chi connectivity index (χ4v) is 3.70. The summed E-state index contributed by atoms with van der Waals surface area (Å²) in [7, 11) is 3.22. The molecule has 0 atom stereocenters. The maximum Gasteiger partial charge on any atom is 0.267 e. The highest BCUT2D eigenvalue weighted by atomic mass is 16.5. The van der Waals surface area contributed by atoms with Gasteiger partial charge in [-0.15, -0.1) is 0 Å². The molecule has 0 spiro atoms. The van der Waals surface area contributed by atoms with Crippen molar-refractivity contribution in [1.29, 1.82) is 0 Å². The van der Waals surface area contributed by atoms with Gasteiger partial charge in [0.15, 0.2) is 0 Å². The number of hydrogen-bond acceptors (Lipinski definition) is 5. The van der Waals surface area contributed by atoms with Crippen molar-refractivity contribution in [3.63, 3.8) is 0 Å². The lowest BCUT2D eigenvalue weighted by Crippen LogP contribution is -2.28. The Morgan fingerprint density at radius 1 is 0.857 bits per heavy atom. The van der Waals surface area contributed by atoms with E-state index >= 15 is 0 Å². The highest BCUT2D eigenvalue weighted by molar-refractivity contribution is 5.80. The Labute approximate surface area is 204 Å². The molecule has 0 radical (unpaired) electrons. The van der Waals surface area contributed by atoms with E-state index in [0.29, 0.717) is 17.8 Å². The lowest BCUT2D eigenvalue weighted by Gasteiger charge is -2.13. The second-order valence-corrected chi connectivity index (χ2v) is 7.94. The predicted molar refractivity (Wildman–Crippen MR) is 135 cm³/mol. The molecule has 0 unspecified atom stereocenters. The molecule has 4 aromatic rings. The first-order valence-electron chi connectivity index (χ1n) is 11.3. The van der Waals surface area contributed by atoms with Gasteiger partial charge in [0.25, 0.3) is 5.56 Å². The Balaban J connectivity index is 1.60. The molecule has 0 aliphatic carbocycles. The van der Waals surface area contributed by atoms with E-state index in [4.69, 9.17) is 9.47 Å². The van der Waals surface area contributed by atoms with Crippen molar-refractivity contribution in [1.82, 2.24) is 15.1 Å². The van der Waals surface area contributed by atoms with Crippen molar-refractivity contribution in [2.24, 2.45) is 0 Å². The highest BCUT2D eigenvalue weighted by Gasteiger charge is 2.14. The number of aryl methyl sites for hydroxylation is 1. The van der Waals surface area contributed by atoms with Crippen molar-refractivity contribution in [3.8, 4) is 33.9 Å². The van der Waals surface area contributed by atoms with Crippen LogP contribution in [0.3, 0.4) is 0 Å². The Morgan fingerprint density at radius 2 is 1.46 bits per heavy atom. The van der Waals surface area contributed by atoms with Crippen LogP contribution in [0.15, 0.2) is 89.7 Å². The largest absolute Gasteiger partial charge is 0.497 e. The maximum absolute atomic E-state index is 12.9. The summed E-state index contributed by atoms with van der Waals surface area (Å²) in [4.78, 5) is 25.3. The number of carbonyl (C=O) groups is 1. The number of hydrogen-bond donors (Lipinski definition) is 1.